The van der Waals surface area contributed by atoms with E-state index in [2.05, 4.69) is 0 Å². The van der Waals surface area contributed by atoms with Crippen molar-refractivity contribution in [2.45, 2.75) is 50.0 Å². The molecule has 8 heteroatoms. The predicted molar refractivity (Wildman–Crippen MR) is 53.9 cm³/mol. The van der Waals surface area contributed by atoms with Crippen LogP contribution < -0.4 is 5.32 Å². The second-order valence-electron chi connectivity index (χ2n) is 4.71. The first kappa shape index (κ1) is 13.0. The molecule has 2 heterocycles. The standard InChI is InChI=1S/C10H13F3N2O3/c11-10(12,13)8(16)14-5-3-6-1-2-7(4-5)15(6)9(17)18/h5-7H,1-4H2,(H,14,16)(H,17,18)/t5-,6+,7-. The number of nitrogens with one attached hydrogen (secondary N) is 1. The van der Waals surface area contributed by atoms with Crippen molar-refractivity contribution in [3.8, 4) is 0 Å². The predicted octanol–water partition coefficient (Wildman–Crippen LogP) is 1.34. The largest absolute Gasteiger partial charge is 0.471 e. The Hall–Kier alpha value is -1.47. The van der Waals surface area contributed by atoms with Gasteiger partial charge in [-0.05, 0) is 25.7 Å². The summed E-state index contributed by atoms with van der Waals surface area (Å²) in [6.07, 6.45) is -4.12. The van der Waals surface area contributed by atoms with Gasteiger partial charge in [0.25, 0.3) is 0 Å². The van der Waals surface area contributed by atoms with Gasteiger partial charge in [-0.25, -0.2) is 4.79 Å². The van der Waals surface area contributed by atoms with E-state index >= 15 is 0 Å². The fraction of sp³-hybridized carbons (Fsp3) is 0.800. The van der Waals surface area contributed by atoms with Gasteiger partial charge in [0.15, 0.2) is 0 Å². The molecule has 2 bridgehead atoms. The summed E-state index contributed by atoms with van der Waals surface area (Å²) in [5, 5.41) is 10.9. The molecule has 0 radical (unpaired) electrons. The second kappa shape index (κ2) is 4.33. The van der Waals surface area contributed by atoms with E-state index < -0.39 is 24.2 Å². The zero-order chi connectivity index (χ0) is 13.5. The van der Waals surface area contributed by atoms with E-state index in [4.69, 9.17) is 5.11 Å². The molecule has 2 saturated heterocycles. The summed E-state index contributed by atoms with van der Waals surface area (Å²) in [5.41, 5.74) is 0. The molecule has 2 aliphatic heterocycles. The highest BCUT2D eigenvalue weighted by Gasteiger charge is 2.46. The summed E-state index contributed by atoms with van der Waals surface area (Å²) in [4.78, 5) is 23.1. The molecule has 0 aromatic rings. The van der Waals surface area contributed by atoms with Gasteiger partial charge in [-0.2, -0.15) is 13.2 Å². The molecule has 18 heavy (non-hydrogen) atoms. The zero-order valence-electron chi connectivity index (χ0n) is 9.41. The molecule has 0 unspecified atom stereocenters. The Kier molecular flexibility index (Phi) is 3.12. The van der Waals surface area contributed by atoms with Crippen LogP contribution >= 0.6 is 0 Å². The number of alkyl halides is 3. The summed E-state index contributed by atoms with van der Waals surface area (Å²) in [5.74, 6) is -1.95. The molecular formula is C10H13F3N2O3. The third-order valence-electron chi connectivity index (χ3n) is 3.55. The number of fused-ring (bicyclic) bond motifs is 2. The number of hydrogen-bond donors (Lipinski definition) is 2. The molecule has 2 N–H and O–H groups in total. The molecule has 5 nitrogen and oxygen atoms in total. The van der Waals surface area contributed by atoms with E-state index in [0.717, 1.165) is 0 Å². The van der Waals surface area contributed by atoms with Crippen LogP contribution in [0.4, 0.5) is 18.0 Å². The second-order valence-corrected chi connectivity index (χ2v) is 4.71. The maximum Gasteiger partial charge on any atom is 0.471 e. The lowest BCUT2D eigenvalue weighted by Crippen LogP contribution is -2.53. The summed E-state index contributed by atoms with van der Waals surface area (Å²) < 4.78 is 36.3. The van der Waals surface area contributed by atoms with Gasteiger partial charge in [-0.15, -0.1) is 0 Å². The Labute approximate surface area is 101 Å². The number of rotatable bonds is 1. The van der Waals surface area contributed by atoms with Gasteiger partial charge in [-0.3, -0.25) is 4.79 Å². The summed E-state index contributed by atoms with van der Waals surface area (Å²) >= 11 is 0. The Balaban J connectivity index is 1.97. The minimum Gasteiger partial charge on any atom is -0.465 e. The van der Waals surface area contributed by atoms with Crippen molar-refractivity contribution in [1.82, 2.24) is 10.2 Å². The average Bonchev–Trinajstić information content (AvgIpc) is 2.50. The quantitative estimate of drug-likeness (QED) is 0.752. The molecule has 0 aliphatic carbocycles. The molecule has 0 saturated carbocycles. The number of halogens is 3. The first-order valence-electron chi connectivity index (χ1n) is 5.68. The van der Waals surface area contributed by atoms with E-state index in [0.29, 0.717) is 12.8 Å². The highest BCUT2D eigenvalue weighted by atomic mass is 19.4. The Morgan fingerprint density at radius 2 is 1.67 bits per heavy atom. The van der Waals surface area contributed by atoms with E-state index in [1.807, 2.05) is 5.32 Å². The SMILES string of the molecule is O=C(O)N1[C@@H]2CC[C@H]1C[C@@H](NC(=O)C(F)(F)F)C2. The first-order valence-corrected chi connectivity index (χ1v) is 5.68. The third kappa shape index (κ3) is 2.37. The molecule has 2 aliphatic rings. The fourth-order valence-electron chi connectivity index (χ4n) is 2.87. The van der Waals surface area contributed by atoms with Crippen LogP contribution in [0.15, 0.2) is 0 Å². The number of hydrogen-bond acceptors (Lipinski definition) is 2. The molecule has 3 atom stereocenters. The number of carbonyl (C=O) groups excluding carboxylic acids is 1. The summed E-state index contributed by atoms with van der Waals surface area (Å²) in [6, 6.07) is -1.15. The van der Waals surface area contributed by atoms with Gasteiger partial charge in [0.2, 0.25) is 0 Å². The molecule has 2 fully saturated rings. The number of carbonyl (C=O) groups is 2. The minimum atomic E-state index is -4.89. The van der Waals surface area contributed by atoms with Crippen LogP contribution in [0, 0.1) is 0 Å². The minimum absolute atomic E-state index is 0.255. The van der Waals surface area contributed by atoms with Crippen molar-refractivity contribution in [2.75, 3.05) is 0 Å². The Morgan fingerprint density at radius 3 is 2.06 bits per heavy atom. The molecule has 102 valence electrons. The number of nitrogens with zero attached hydrogens (tertiary/aromatic N) is 1. The van der Waals surface area contributed by atoms with E-state index in [9.17, 15) is 22.8 Å². The van der Waals surface area contributed by atoms with Gasteiger partial charge in [-0.1, -0.05) is 0 Å². The zero-order valence-corrected chi connectivity index (χ0v) is 9.41. The maximum atomic E-state index is 12.1. The van der Waals surface area contributed by atoms with Crippen molar-refractivity contribution >= 4 is 12.0 Å². The van der Waals surface area contributed by atoms with Crippen LogP contribution in [-0.2, 0) is 4.79 Å². The normalized spacial score (nSPS) is 31.3. The Bertz CT molecular complexity index is 358. The van der Waals surface area contributed by atoms with Gasteiger partial charge in [0.05, 0.1) is 0 Å². The van der Waals surface area contributed by atoms with Crippen LogP contribution in [0.25, 0.3) is 0 Å². The van der Waals surface area contributed by atoms with Crippen LogP contribution in [0.5, 0.6) is 0 Å². The van der Waals surface area contributed by atoms with E-state index in [1.165, 1.54) is 4.90 Å². The molecule has 0 aromatic heterocycles. The van der Waals surface area contributed by atoms with Crippen molar-refractivity contribution in [3.63, 3.8) is 0 Å². The summed E-state index contributed by atoms with van der Waals surface area (Å²) in [6.45, 7) is 0. The molecule has 0 spiro atoms. The highest BCUT2D eigenvalue weighted by molar-refractivity contribution is 5.82. The van der Waals surface area contributed by atoms with Gasteiger partial charge in [0, 0.05) is 18.1 Å². The number of carboxylic acid groups (broad SMARTS) is 1. The Morgan fingerprint density at radius 1 is 1.17 bits per heavy atom. The molecule has 0 aromatic carbocycles. The number of piperidine rings is 1. The fourth-order valence-corrected chi connectivity index (χ4v) is 2.87. The smallest absolute Gasteiger partial charge is 0.465 e. The number of amides is 2. The van der Waals surface area contributed by atoms with Gasteiger partial charge < -0.3 is 15.3 Å². The van der Waals surface area contributed by atoms with Crippen LogP contribution in [0.3, 0.4) is 0 Å². The van der Waals surface area contributed by atoms with Crippen molar-refractivity contribution in [3.05, 3.63) is 0 Å². The first-order chi connectivity index (χ1) is 8.29. The van der Waals surface area contributed by atoms with Crippen molar-refractivity contribution < 1.29 is 27.9 Å². The lowest BCUT2D eigenvalue weighted by Gasteiger charge is -2.37. The lowest BCUT2D eigenvalue weighted by molar-refractivity contribution is -0.174. The third-order valence-corrected chi connectivity index (χ3v) is 3.55. The monoisotopic (exact) mass is 266 g/mol. The van der Waals surface area contributed by atoms with E-state index in [-0.39, 0.29) is 24.9 Å². The van der Waals surface area contributed by atoms with E-state index in [1.54, 1.807) is 0 Å². The van der Waals surface area contributed by atoms with Crippen molar-refractivity contribution in [1.29, 1.82) is 0 Å². The van der Waals surface area contributed by atoms with Gasteiger partial charge >= 0.3 is 18.2 Å². The summed E-state index contributed by atoms with van der Waals surface area (Å²) in [7, 11) is 0. The lowest BCUT2D eigenvalue weighted by atomic mass is 9.98. The molecule has 2 rings (SSSR count). The highest BCUT2D eigenvalue weighted by Crippen LogP contribution is 2.35. The molecule has 2 amide bonds. The van der Waals surface area contributed by atoms with Crippen LogP contribution in [0.2, 0.25) is 0 Å². The average molecular weight is 266 g/mol. The topological polar surface area (TPSA) is 69.6 Å². The van der Waals surface area contributed by atoms with Crippen LogP contribution in [-0.4, -0.2) is 46.3 Å². The van der Waals surface area contributed by atoms with Crippen LogP contribution in [0.1, 0.15) is 25.7 Å². The molecular weight excluding hydrogens is 253 g/mol. The van der Waals surface area contributed by atoms with Crippen molar-refractivity contribution in [2.24, 2.45) is 0 Å². The maximum absolute atomic E-state index is 12.1. The van der Waals surface area contributed by atoms with Gasteiger partial charge in [0.1, 0.15) is 0 Å².